The zero-order valence-electron chi connectivity index (χ0n) is 18.5. The molecule has 4 rings (SSSR count). The second-order valence-corrected chi connectivity index (χ2v) is 9.30. The summed E-state index contributed by atoms with van der Waals surface area (Å²) in [5.41, 5.74) is 2.19. The van der Waals surface area contributed by atoms with E-state index in [2.05, 4.69) is 0 Å². The van der Waals surface area contributed by atoms with Gasteiger partial charge in [0.15, 0.2) is 11.4 Å². The lowest BCUT2D eigenvalue weighted by Crippen LogP contribution is -2.70. The summed E-state index contributed by atoms with van der Waals surface area (Å²) in [6.45, 7) is 3.43. The minimum Gasteiger partial charge on any atom is -0.508 e. The molecule has 1 aromatic rings. The van der Waals surface area contributed by atoms with Crippen LogP contribution in [-0.2, 0) is 14.4 Å². The fourth-order valence-electron chi connectivity index (χ4n) is 5.79. The summed E-state index contributed by atoms with van der Waals surface area (Å²) >= 11 is 0. The summed E-state index contributed by atoms with van der Waals surface area (Å²) in [6.07, 6.45) is -1.59. The Morgan fingerprint density at radius 1 is 1.15 bits per heavy atom. The first-order chi connectivity index (χ1) is 15.3. The number of carbonyl (C=O) groups excluding carboxylic acids is 3. The molecular formula is C23H26N2O8. The largest absolute Gasteiger partial charge is 0.508 e. The topological polar surface area (TPSA) is 182 Å². The minimum absolute atomic E-state index is 0.0170. The number of phenols is 1. The fraction of sp³-hybridized carbons (Fsp3) is 0.435. The first-order valence-corrected chi connectivity index (χ1v) is 10.4. The number of nitrogens with two attached hydrogens (primary N) is 1. The van der Waals surface area contributed by atoms with Gasteiger partial charge in [-0.05, 0) is 44.1 Å². The Kier molecular flexibility index (Phi) is 4.97. The van der Waals surface area contributed by atoms with Crippen LogP contribution in [0.25, 0.3) is 5.76 Å². The quantitative estimate of drug-likeness (QED) is 0.327. The molecule has 33 heavy (non-hydrogen) atoms. The SMILES string of the molecule is Cc1cc(O)c2c(c1)[C@H](C)[C@@H]1C(=C2O)C(=O)[C@]2(O)C(O)=C(C(N)=O)C(=O)[C@@H](N(C)C)[C@@H]2[C@H]1O. The van der Waals surface area contributed by atoms with Gasteiger partial charge >= 0.3 is 0 Å². The van der Waals surface area contributed by atoms with Crippen LogP contribution in [0.3, 0.4) is 0 Å². The molecule has 0 bridgehead atoms. The number of aliphatic hydroxyl groups excluding tert-OH is 3. The molecule has 0 spiro atoms. The van der Waals surface area contributed by atoms with Crippen molar-refractivity contribution < 1.29 is 39.9 Å². The van der Waals surface area contributed by atoms with E-state index in [4.69, 9.17) is 5.73 Å². The van der Waals surface area contributed by atoms with Crippen LogP contribution < -0.4 is 5.73 Å². The van der Waals surface area contributed by atoms with Gasteiger partial charge < -0.3 is 31.3 Å². The number of phenolic OH excluding ortho intramolecular Hbond substituents is 1. The van der Waals surface area contributed by atoms with Gasteiger partial charge in [-0.3, -0.25) is 19.3 Å². The average molecular weight is 458 g/mol. The summed E-state index contributed by atoms with van der Waals surface area (Å²) in [5, 5.41) is 55.3. The van der Waals surface area contributed by atoms with Gasteiger partial charge in [0.1, 0.15) is 22.8 Å². The molecule has 0 aromatic heterocycles. The van der Waals surface area contributed by atoms with E-state index in [-0.39, 0.29) is 11.3 Å². The Bertz CT molecular complexity index is 1180. The predicted octanol–water partition coefficient (Wildman–Crippen LogP) is -0.196. The predicted molar refractivity (Wildman–Crippen MR) is 115 cm³/mol. The Balaban J connectivity index is 2.07. The molecule has 0 aliphatic heterocycles. The van der Waals surface area contributed by atoms with Gasteiger partial charge in [-0.1, -0.05) is 13.0 Å². The van der Waals surface area contributed by atoms with Crippen molar-refractivity contribution in [2.45, 2.75) is 37.5 Å². The molecule has 3 aliphatic rings. The molecule has 0 unspecified atom stereocenters. The zero-order chi connectivity index (χ0) is 24.7. The van der Waals surface area contributed by atoms with Crippen LogP contribution in [0.5, 0.6) is 5.75 Å². The number of aromatic hydroxyl groups is 1. The lowest BCUT2D eigenvalue weighted by Gasteiger charge is -2.53. The van der Waals surface area contributed by atoms with Gasteiger partial charge in [0.25, 0.3) is 5.91 Å². The van der Waals surface area contributed by atoms with Gasteiger partial charge in [-0.25, -0.2) is 0 Å². The van der Waals surface area contributed by atoms with Crippen LogP contribution in [0.1, 0.15) is 29.5 Å². The number of aliphatic hydroxyl groups is 4. The third-order valence-electron chi connectivity index (χ3n) is 7.21. The van der Waals surface area contributed by atoms with E-state index in [1.54, 1.807) is 19.9 Å². The number of fused-ring (bicyclic) bond motifs is 3. The first kappa shape index (κ1) is 23.0. The van der Waals surface area contributed by atoms with Gasteiger partial charge in [0.2, 0.25) is 5.78 Å². The third-order valence-corrected chi connectivity index (χ3v) is 7.21. The number of likely N-dealkylation sites (N-methyl/N-ethyl adjacent to an activating group) is 1. The minimum atomic E-state index is -2.90. The molecule has 7 N–H and O–H groups in total. The van der Waals surface area contributed by atoms with E-state index in [0.717, 1.165) is 0 Å². The summed E-state index contributed by atoms with van der Waals surface area (Å²) < 4.78 is 0. The molecular weight excluding hydrogens is 432 g/mol. The normalized spacial score (nSPS) is 33.7. The van der Waals surface area contributed by atoms with Gasteiger partial charge in [-0.15, -0.1) is 0 Å². The highest BCUT2D eigenvalue weighted by atomic mass is 16.4. The number of primary amides is 1. The number of ketones is 2. The second-order valence-electron chi connectivity index (χ2n) is 9.30. The highest BCUT2D eigenvalue weighted by Crippen LogP contribution is 2.56. The van der Waals surface area contributed by atoms with Crippen molar-refractivity contribution in [3.05, 3.63) is 45.7 Å². The molecule has 10 nitrogen and oxygen atoms in total. The molecule has 0 saturated heterocycles. The molecule has 176 valence electrons. The lowest BCUT2D eigenvalue weighted by molar-refractivity contribution is -0.169. The molecule has 0 heterocycles. The van der Waals surface area contributed by atoms with Crippen LogP contribution in [0, 0.1) is 18.8 Å². The van der Waals surface area contributed by atoms with Gasteiger partial charge in [0.05, 0.1) is 23.6 Å². The maximum atomic E-state index is 13.7. The Morgan fingerprint density at radius 2 is 1.76 bits per heavy atom. The Morgan fingerprint density at radius 3 is 2.30 bits per heavy atom. The van der Waals surface area contributed by atoms with E-state index in [1.165, 1.54) is 25.1 Å². The lowest BCUT2D eigenvalue weighted by atomic mass is 9.54. The smallest absolute Gasteiger partial charge is 0.255 e. The van der Waals surface area contributed by atoms with E-state index < -0.39 is 75.6 Å². The summed E-state index contributed by atoms with van der Waals surface area (Å²) in [5.74, 6) is -8.86. The van der Waals surface area contributed by atoms with Crippen molar-refractivity contribution in [2.24, 2.45) is 17.6 Å². The highest BCUT2D eigenvalue weighted by molar-refractivity contribution is 6.24. The number of hydrogen-bond donors (Lipinski definition) is 6. The monoisotopic (exact) mass is 458 g/mol. The zero-order valence-corrected chi connectivity index (χ0v) is 18.5. The molecule has 1 amide bonds. The maximum Gasteiger partial charge on any atom is 0.255 e. The van der Waals surface area contributed by atoms with E-state index in [0.29, 0.717) is 11.1 Å². The number of carbonyl (C=O) groups is 3. The number of amides is 1. The number of nitrogens with zero attached hydrogens (tertiary/aromatic N) is 1. The van der Waals surface area contributed by atoms with E-state index >= 15 is 0 Å². The van der Waals surface area contributed by atoms with Gasteiger partial charge in [0, 0.05) is 11.5 Å². The van der Waals surface area contributed by atoms with Crippen molar-refractivity contribution in [2.75, 3.05) is 14.1 Å². The first-order valence-electron chi connectivity index (χ1n) is 10.4. The molecule has 3 aliphatic carbocycles. The summed E-state index contributed by atoms with van der Waals surface area (Å²) in [7, 11) is 2.93. The Hall–Kier alpha value is -3.21. The van der Waals surface area contributed by atoms with Crippen molar-refractivity contribution in [1.82, 2.24) is 4.90 Å². The van der Waals surface area contributed by atoms with Crippen molar-refractivity contribution in [1.29, 1.82) is 0 Å². The molecule has 1 saturated carbocycles. The molecule has 0 radical (unpaired) electrons. The number of rotatable bonds is 2. The number of Topliss-reactive ketones (excluding diaryl/α,β-unsaturated/α-hetero) is 2. The Labute approximate surface area is 189 Å². The van der Waals surface area contributed by atoms with Crippen LogP contribution in [0.4, 0.5) is 0 Å². The van der Waals surface area contributed by atoms with Crippen LogP contribution in [0.2, 0.25) is 0 Å². The van der Waals surface area contributed by atoms with Crippen molar-refractivity contribution >= 4 is 23.2 Å². The molecule has 10 heteroatoms. The van der Waals surface area contributed by atoms with E-state index in [9.17, 15) is 39.9 Å². The van der Waals surface area contributed by atoms with Crippen LogP contribution >= 0.6 is 0 Å². The molecule has 1 fully saturated rings. The van der Waals surface area contributed by atoms with Crippen LogP contribution in [-0.4, -0.2) is 79.7 Å². The maximum absolute atomic E-state index is 13.7. The average Bonchev–Trinajstić information content (AvgIpc) is 2.70. The standard InChI is InChI=1S/C23H26N2O8/c1-7-5-9-8(2)11-13(17(27)12(9)10(26)6-7)20(30)23(33)15(18(11)28)16(25(3)4)19(29)14(21(23)31)22(24)32/h5-6,8,11,15-16,18,26-28,31,33H,1-4H3,(H2,24,32)/t8-,11+,15+,16-,18-,23-/m0/s1. The number of hydrogen-bond acceptors (Lipinski definition) is 9. The van der Waals surface area contributed by atoms with Crippen LogP contribution in [0.15, 0.2) is 29.0 Å². The molecule has 6 atom stereocenters. The number of aryl methyl sites for hydroxylation is 1. The van der Waals surface area contributed by atoms with Crippen molar-refractivity contribution in [3.8, 4) is 5.75 Å². The van der Waals surface area contributed by atoms with E-state index in [1.807, 2.05) is 0 Å². The fourth-order valence-corrected chi connectivity index (χ4v) is 5.79. The van der Waals surface area contributed by atoms with Crippen molar-refractivity contribution in [3.63, 3.8) is 0 Å². The second kappa shape index (κ2) is 7.14. The summed E-state index contributed by atoms with van der Waals surface area (Å²) in [4.78, 5) is 40.1. The molecule has 1 aromatic carbocycles. The third kappa shape index (κ3) is 2.74. The summed E-state index contributed by atoms with van der Waals surface area (Å²) in [6, 6.07) is 1.74. The number of benzene rings is 1. The van der Waals surface area contributed by atoms with Gasteiger partial charge in [-0.2, -0.15) is 0 Å². The highest BCUT2D eigenvalue weighted by Gasteiger charge is 2.68.